The highest BCUT2D eigenvalue weighted by atomic mass is 15.4. The summed E-state index contributed by atoms with van der Waals surface area (Å²) in [6.07, 6.45) is 0. The third kappa shape index (κ3) is 2.08. The lowest BCUT2D eigenvalue weighted by atomic mass is 10.2. The van der Waals surface area contributed by atoms with Gasteiger partial charge in [-0.3, -0.25) is 0 Å². The highest BCUT2D eigenvalue weighted by molar-refractivity contribution is 5.66. The van der Waals surface area contributed by atoms with Gasteiger partial charge in [0.25, 0.3) is 0 Å². The lowest BCUT2D eigenvalue weighted by Gasteiger charge is -2.27. The van der Waals surface area contributed by atoms with Gasteiger partial charge >= 0.3 is 0 Å². The zero-order valence-electron chi connectivity index (χ0n) is 11.2. The molecule has 0 bridgehead atoms. The molecular weight excluding hydrogens is 252 g/mol. The fourth-order valence-electron chi connectivity index (χ4n) is 2.11. The maximum absolute atomic E-state index is 9.27. The molecule has 2 heterocycles. The third-order valence-electron chi connectivity index (χ3n) is 3.43. The van der Waals surface area contributed by atoms with Gasteiger partial charge in [0.1, 0.15) is 17.5 Å². The van der Waals surface area contributed by atoms with Gasteiger partial charge < -0.3 is 16.4 Å². The van der Waals surface area contributed by atoms with Crippen molar-refractivity contribution in [2.45, 2.75) is 13.0 Å². The smallest absolute Gasteiger partial charge is 0.169 e. The Morgan fingerprint density at radius 3 is 2.65 bits per heavy atom. The van der Waals surface area contributed by atoms with Gasteiger partial charge in [0, 0.05) is 13.1 Å². The first-order chi connectivity index (χ1) is 9.69. The minimum absolute atomic E-state index is 0.308. The van der Waals surface area contributed by atoms with E-state index in [4.69, 9.17) is 5.73 Å². The highest BCUT2D eigenvalue weighted by Crippen LogP contribution is 2.25. The third-order valence-corrected chi connectivity index (χ3v) is 3.43. The van der Waals surface area contributed by atoms with Gasteiger partial charge in [-0.1, -0.05) is 17.7 Å². The summed E-state index contributed by atoms with van der Waals surface area (Å²) < 4.78 is 1.60. The van der Waals surface area contributed by atoms with Crippen molar-refractivity contribution in [1.82, 2.24) is 15.1 Å². The summed E-state index contributed by atoms with van der Waals surface area (Å²) in [6, 6.07) is 10.3. The second kappa shape index (κ2) is 4.87. The van der Waals surface area contributed by atoms with E-state index in [2.05, 4.69) is 21.8 Å². The predicted molar refractivity (Wildman–Crippen MR) is 77.7 cm³/mol. The quantitative estimate of drug-likeness (QED) is 0.773. The monoisotopic (exact) mass is 268 g/mol. The van der Waals surface area contributed by atoms with Crippen LogP contribution in [0.5, 0.6) is 0 Å². The topological polar surface area (TPSA) is 91.7 Å². The van der Waals surface area contributed by atoms with Crippen LogP contribution < -0.4 is 16.4 Å². The maximum Gasteiger partial charge on any atom is 0.169 e. The molecule has 0 aliphatic carbocycles. The van der Waals surface area contributed by atoms with E-state index in [9.17, 15) is 5.26 Å². The van der Waals surface area contributed by atoms with Crippen molar-refractivity contribution in [2.24, 2.45) is 0 Å². The minimum atomic E-state index is 0.308. The molecule has 1 saturated heterocycles. The first kappa shape index (κ1) is 12.5. The summed E-state index contributed by atoms with van der Waals surface area (Å²) >= 11 is 0. The van der Waals surface area contributed by atoms with E-state index in [1.54, 1.807) is 4.68 Å². The molecule has 1 aliphatic rings. The van der Waals surface area contributed by atoms with Gasteiger partial charge in [-0.25, -0.2) is 4.68 Å². The number of aromatic nitrogens is 2. The fraction of sp³-hybridized carbons (Fsp3) is 0.286. The molecule has 6 nitrogen and oxygen atoms in total. The zero-order valence-corrected chi connectivity index (χ0v) is 11.2. The summed E-state index contributed by atoms with van der Waals surface area (Å²) in [5, 5.41) is 20.1. The highest BCUT2D eigenvalue weighted by Gasteiger charge is 2.22. The van der Waals surface area contributed by atoms with Crippen molar-refractivity contribution in [3.05, 3.63) is 35.4 Å². The normalized spacial score (nSPS) is 14.6. The number of nitrogens with zero attached hydrogens (tertiary/aromatic N) is 3. The van der Waals surface area contributed by atoms with Crippen molar-refractivity contribution in [1.29, 1.82) is 5.26 Å². The number of rotatable bonds is 3. The van der Waals surface area contributed by atoms with Crippen LogP contribution >= 0.6 is 0 Å². The van der Waals surface area contributed by atoms with Gasteiger partial charge in [-0.15, -0.1) is 5.10 Å². The Kier molecular flexibility index (Phi) is 3.05. The zero-order chi connectivity index (χ0) is 14.1. The van der Waals surface area contributed by atoms with Crippen LogP contribution in [0, 0.1) is 18.3 Å². The van der Waals surface area contributed by atoms with Crippen LogP contribution in [0.2, 0.25) is 0 Å². The Morgan fingerprint density at radius 2 is 2.10 bits per heavy atom. The molecule has 0 atom stereocenters. The number of aryl methyl sites for hydroxylation is 1. The molecule has 3 rings (SSSR count). The van der Waals surface area contributed by atoms with E-state index in [1.807, 2.05) is 31.2 Å². The van der Waals surface area contributed by atoms with Crippen LogP contribution in [0.3, 0.4) is 0 Å². The molecule has 1 aliphatic heterocycles. The van der Waals surface area contributed by atoms with Crippen LogP contribution in [0.25, 0.3) is 5.69 Å². The molecular formula is C14H16N6. The molecule has 1 aromatic carbocycles. The van der Waals surface area contributed by atoms with Gasteiger partial charge in [0.05, 0.1) is 11.7 Å². The molecule has 1 aromatic heterocycles. The lowest BCUT2D eigenvalue weighted by Crippen LogP contribution is -2.51. The summed E-state index contributed by atoms with van der Waals surface area (Å²) in [4.78, 5) is 0. The minimum Gasteiger partial charge on any atom is -0.382 e. The average Bonchev–Trinajstić information content (AvgIpc) is 2.71. The van der Waals surface area contributed by atoms with Gasteiger partial charge in [0.15, 0.2) is 5.82 Å². The molecule has 0 unspecified atom stereocenters. The number of nitriles is 1. The van der Waals surface area contributed by atoms with Crippen molar-refractivity contribution < 1.29 is 0 Å². The van der Waals surface area contributed by atoms with E-state index in [0.29, 0.717) is 23.2 Å². The number of hydrogen-bond donors (Lipinski definition) is 3. The van der Waals surface area contributed by atoms with Crippen molar-refractivity contribution in [2.75, 3.05) is 24.1 Å². The van der Waals surface area contributed by atoms with Crippen LogP contribution in [-0.2, 0) is 0 Å². The summed E-state index contributed by atoms with van der Waals surface area (Å²) in [7, 11) is 0. The first-order valence-corrected chi connectivity index (χ1v) is 6.52. The molecule has 102 valence electrons. The van der Waals surface area contributed by atoms with Crippen LogP contribution in [0.4, 0.5) is 11.6 Å². The molecule has 1 fully saturated rings. The SMILES string of the molecule is Cc1ccc(-n2nc(NC3CNC3)c(C#N)c2N)cc1. The van der Waals surface area contributed by atoms with Crippen molar-refractivity contribution >= 4 is 11.6 Å². The molecule has 0 spiro atoms. The Hall–Kier alpha value is -2.52. The molecule has 4 N–H and O–H groups in total. The fourth-order valence-corrected chi connectivity index (χ4v) is 2.11. The number of benzene rings is 1. The van der Waals surface area contributed by atoms with Crippen molar-refractivity contribution in [3.63, 3.8) is 0 Å². The van der Waals surface area contributed by atoms with E-state index in [0.717, 1.165) is 18.8 Å². The van der Waals surface area contributed by atoms with Crippen LogP contribution in [-0.4, -0.2) is 28.9 Å². The average molecular weight is 268 g/mol. The van der Waals surface area contributed by atoms with Gasteiger partial charge in [-0.05, 0) is 19.1 Å². The van der Waals surface area contributed by atoms with E-state index >= 15 is 0 Å². The second-order valence-electron chi connectivity index (χ2n) is 4.97. The lowest BCUT2D eigenvalue weighted by molar-refractivity contribution is 0.470. The molecule has 0 radical (unpaired) electrons. The number of nitrogen functional groups attached to an aromatic ring is 1. The number of anilines is 2. The van der Waals surface area contributed by atoms with Crippen molar-refractivity contribution in [3.8, 4) is 11.8 Å². The molecule has 20 heavy (non-hydrogen) atoms. The maximum atomic E-state index is 9.27. The Bertz CT molecular complexity index is 660. The van der Waals surface area contributed by atoms with E-state index in [1.165, 1.54) is 5.56 Å². The Morgan fingerprint density at radius 1 is 1.40 bits per heavy atom. The Balaban J connectivity index is 1.99. The molecule has 2 aromatic rings. The summed E-state index contributed by atoms with van der Waals surface area (Å²) in [5.41, 5.74) is 8.46. The number of nitrogens with one attached hydrogen (secondary N) is 2. The molecule has 6 heteroatoms. The standard InChI is InChI=1S/C14H16N6/c1-9-2-4-11(5-3-9)20-13(16)12(6-15)14(19-20)18-10-7-17-8-10/h2-5,10,17H,7-8,16H2,1H3,(H,18,19). The Labute approximate surface area is 117 Å². The predicted octanol–water partition coefficient (Wildman–Crippen LogP) is 1.02. The molecule has 0 amide bonds. The van der Waals surface area contributed by atoms with Crippen LogP contribution in [0.15, 0.2) is 24.3 Å². The number of hydrogen-bond acceptors (Lipinski definition) is 5. The van der Waals surface area contributed by atoms with E-state index in [-0.39, 0.29) is 0 Å². The van der Waals surface area contributed by atoms with Gasteiger partial charge in [-0.2, -0.15) is 5.26 Å². The number of nitrogens with two attached hydrogens (primary N) is 1. The first-order valence-electron chi connectivity index (χ1n) is 6.52. The molecule has 0 saturated carbocycles. The summed E-state index contributed by atoms with van der Waals surface area (Å²) in [5.74, 6) is 0.920. The van der Waals surface area contributed by atoms with E-state index < -0.39 is 0 Å². The second-order valence-corrected chi connectivity index (χ2v) is 4.97. The largest absolute Gasteiger partial charge is 0.382 e. The van der Waals surface area contributed by atoms with Crippen LogP contribution in [0.1, 0.15) is 11.1 Å². The summed E-state index contributed by atoms with van der Waals surface area (Å²) in [6.45, 7) is 3.78. The van der Waals surface area contributed by atoms with Gasteiger partial charge in [0.2, 0.25) is 0 Å².